The van der Waals surface area contributed by atoms with Gasteiger partial charge in [-0.1, -0.05) is 6.07 Å². The predicted octanol–water partition coefficient (Wildman–Crippen LogP) is 2.27. The first kappa shape index (κ1) is 16.1. The Morgan fingerprint density at radius 3 is 2.37 bits per heavy atom. The molecule has 0 spiro atoms. The van der Waals surface area contributed by atoms with E-state index in [0.29, 0.717) is 0 Å². The first-order valence-corrected chi connectivity index (χ1v) is 6.25. The number of carboxylic acid groups (broad SMARTS) is 1. The van der Waals surface area contributed by atoms with Crippen LogP contribution >= 0.6 is 12.6 Å². The fourth-order valence-corrected chi connectivity index (χ4v) is 1.16. The highest BCUT2D eigenvalue weighted by molar-refractivity contribution is 7.81. The van der Waals surface area contributed by atoms with Crippen LogP contribution in [0.15, 0.2) is 18.2 Å². The average molecular weight is 283 g/mol. The molecule has 0 atom stereocenters. The number of carbonyl (C=O) groups is 1. The molecule has 0 saturated heterocycles. The summed E-state index contributed by atoms with van der Waals surface area (Å²) in [6.45, 7) is 7.49. The number of hydrogen-bond acceptors (Lipinski definition) is 3. The minimum atomic E-state index is -1.16. The van der Waals surface area contributed by atoms with Crippen LogP contribution in [-0.4, -0.2) is 28.9 Å². The summed E-state index contributed by atoms with van der Waals surface area (Å²) in [6, 6.07) is 3.68. The van der Waals surface area contributed by atoms with Crippen LogP contribution in [0.1, 0.15) is 38.1 Å². The summed E-state index contributed by atoms with van der Waals surface area (Å²) >= 11 is 4.43. The number of thiol groups is 1. The minimum Gasteiger partial charge on any atom is -0.478 e. The highest BCUT2D eigenvalue weighted by atomic mass is 32.1. The van der Waals surface area contributed by atoms with Crippen molar-refractivity contribution >= 4 is 31.5 Å². The summed E-state index contributed by atoms with van der Waals surface area (Å²) < 4.78 is 18.8. The number of halogens is 1. The topological polar surface area (TPSA) is 46.5 Å². The third kappa shape index (κ3) is 3.98. The zero-order valence-electron chi connectivity index (χ0n) is 11.4. The van der Waals surface area contributed by atoms with E-state index < -0.39 is 22.1 Å². The molecule has 0 heterocycles. The van der Waals surface area contributed by atoms with E-state index in [9.17, 15) is 9.18 Å². The molecule has 0 amide bonds. The Morgan fingerprint density at radius 1 is 1.37 bits per heavy atom. The van der Waals surface area contributed by atoms with Crippen LogP contribution in [0.2, 0.25) is 0 Å². The van der Waals surface area contributed by atoms with Crippen LogP contribution in [0.3, 0.4) is 0 Å². The highest BCUT2D eigenvalue weighted by Gasteiger charge is 2.34. The Kier molecular flexibility index (Phi) is 4.69. The summed E-state index contributed by atoms with van der Waals surface area (Å²) in [5.74, 6) is -1.80. The smallest absolute Gasteiger partial charge is 0.335 e. The van der Waals surface area contributed by atoms with Gasteiger partial charge >= 0.3 is 13.5 Å². The summed E-state index contributed by atoms with van der Waals surface area (Å²) in [5, 5.41) is 8.75. The van der Waals surface area contributed by atoms with Gasteiger partial charge in [-0.05, 0) is 45.3 Å². The number of carboxylic acids is 1. The van der Waals surface area contributed by atoms with Gasteiger partial charge in [-0.2, -0.15) is 12.6 Å². The van der Waals surface area contributed by atoms with E-state index in [1.54, 1.807) is 0 Å². The van der Waals surface area contributed by atoms with Crippen molar-refractivity contribution in [1.29, 1.82) is 0 Å². The monoisotopic (exact) mass is 283 g/mol. The second-order valence-corrected chi connectivity index (χ2v) is 6.46. The van der Waals surface area contributed by atoms with Crippen molar-refractivity contribution in [3.8, 4) is 0 Å². The molecule has 103 valence electrons. The van der Waals surface area contributed by atoms with Crippen molar-refractivity contribution in [2.75, 3.05) is 0 Å². The highest BCUT2D eigenvalue weighted by Crippen LogP contribution is 2.30. The molecule has 6 heteroatoms. The predicted molar refractivity (Wildman–Crippen MR) is 77.0 cm³/mol. The van der Waals surface area contributed by atoms with E-state index in [2.05, 4.69) is 12.6 Å². The van der Waals surface area contributed by atoms with Crippen LogP contribution < -0.4 is 5.46 Å². The van der Waals surface area contributed by atoms with Crippen LogP contribution in [-0.2, 0) is 4.65 Å². The molecule has 3 nitrogen and oxygen atoms in total. The lowest BCUT2D eigenvalue weighted by atomic mass is 9.83. The second-order valence-electron chi connectivity index (χ2n) is 5.35. The average Bonchev–Trinajstić information content (AvgIpc) is 2.25. The first-order chi connectivity index (χ1) is 8.54. The van der Waals surface area contributed by atoms with Gasteiger partial charge in [0.25, 0.3) is 0 Å². The van der Waals surface area contributed by atoms with Crippen molar-refractivity contribution in [1.82, 2.24) is 0 Å². The normalized spacial score (nSPS) is 12.3. The molecule has 0 unspecified atom stereocenters. The minimum absolute atomic E-state index is 0.0940. The third-order valence-corrected chi connectivity index (χ3v) is 3.74. The molecule has 0 saturated carbocycles. The van der Waals surface area contributed by atoms with Crippen molar-refractivity contribution in [2.45, 2.75) is 38.0 Å². The maximum Gasteiger partial charge on any atom is 0.335 e. The Morgan fingerprint density at radius 2 is 1.95 bits per heavy atom. The largest absolute Gasteiger partial charge is 0.478 e. The van der Waals surface area contributed by atoms with E-state index in [0.717, 1.165) is 6.07 Å². The Hall–Kier alpha value is -1.01. The molecule has 1 N–H and O–H groups in total. The lowest BCUT2D eigenvalue weighted by Crippen LogP contribution is -2.46. The molecule has 0 aliphatic rings. The molecule has 0 bridgehead atoms. The number of rotatable bonds is 5. The van der Waals surface area contributed by atoms with Gasteiger partial charge in [-0.3, -0.25) is 0 Å². The second kappa shape index (κ2) is 5.55. The van der Waals surface area contributed by atoms with Crippen LogP contribution in [0.5, 0.6) is 0 Å². The maximum atomic E-state index is 13.7. The summed E-state index contributed by atoms with van der Waals surface area (Å²) in [5.41, 5.74) is -0.493. The fourth-order valence-electron chi connectivity index (χ4n) is 1.11. The molecular weight excluding hydrogens is 266 g/mol. The molecule has 0 aliphatic heterocycles. The lowest BCUT2D eigenvalue weighted by molar-refractivity contribution is 0.0696. The molecule has 1 aromatic carbocycles. The third-order valence-electron chi connectivity index (χ3n) is 3.20. The van der Waals surface area contributed by atoms with Crippen molar-refractivity contribution < 1.29 is 18.9 Å². The quantitative estimate of drug-likeness (QED) is 0.643. The van der Waals surface area contributed by atoms with Gasteiger partial charge in [0.1, 0.15) is 5.82 Å². The van der Waals surface area contributed by atoms with E-state index in [4.69, 9.17) is 9.76 Å². The fraction of sp³-hybridized carbons (Fsp3) is 0.462. The zero-order valence-corrected chi connectivity index (χ0v) is 12.3. The Balaban J connectivity index is 2.82. The van der Waals surface area contributed by atoms with Gasteiger partial charge in [0.2, 0.25) is 0 Å². The van der Waals surface area contributed by atoms with Gasteiger partial charge in [-0.25, -0.2) is 9.18 Å². The number of hydrogen-bond donors (Lipinski definition) is 2. The SMILES string of the molecule is CC(C)(S)C(C)(C)O[B]c1ccc(C(=O)O)cc1F. The molecule has 0 fully saturated rings. The molecular formula is C13H17BFO3S. The number of aromatic carboxylic acids is 1. The number of benzene rings is 1. The molecule has 1 aromatic rings. The van der Waals surface area contributed by atoms with E-state index in [1.165, 1.54) is 19.6 Å². The Labute approximate surface area is 118 Å². The van der Waals surface area contributed by atoms with Crippen molar-refractivity contribution in [2.24, 2.45) is 0 Å². The molecule has 1 rings (SSSR count). The molecule has 1 radical (unpaired) electrons. The van der Waals surface area contributed by atoms with Gasteiger partial charge < -0.3 is 9.76 Å². The van der Waals surface area contributed by atoms with Gasteiger partial charge in [-0.15, -0.1) is 0 Å². The standard InChI is InChI=1S/C13H17BFO3S/c1-12(2,13(3,4)19)18-14-9-6-5-8(11(16)17)7-10(9)15/h5-7,19H,1-4H3,(H,16,17). The summed E-state index contributed by atoms with van der Waals surface area (Å²) in [6.07, 6.45) is 0. The van der Waals surface area contributed by atoms with Crippen LogP contribution in [0, 0.1) is 5.82 Å². The van der Waals surface area contributed by atoms with Crippen LogP contribution in [0.4, 0.5) is 4.39 Å². The molecule has 19 heavy (non-hydrogen) atoms. The van der Waals surface area contributed by atoms with Gasteiger partial charge in [0, 0.05) is 4.75 Å². The van der Waals surface area contributed by atoms with Gasteiger partial charge in [0.05, 0.1) is 11.2 Å². The van der Waals surface area contributed by atoms with Gasteiger partial charge in [0.15, 0.2) is 0 Å². The Bertz CT molecular complexity index is 483. The van der Waals surface area contributed by atoms with E-state index in [-0.39, 0.29) is 11.0 Å². The molecule has 0 aromatic heterocycles. The van der Waals surface area contributed by atoms with E-state index >= 15 is 0 Å². The first-order valence-electron chi connectivity index (χ1n) is 5.81. The maximum absolute atomic E-state index is 13.7. The molecule has 0 aliphatic carbocycles. The zero-order chi connectivity index (χ0) is 14.8. The summed E-state index contributed by atoms with van der Waals surface area (Å²) in [7, 11) is 1.29. The lowest BCUT2D eigenvalue weighted by Gasteiger charge is -2.38. The van der Waals surface area contributed by atoms with Crippen molar-refractivity contribution in [3.05, 3.63) is 29.6 Å². The van der Waals surface area contributed by atoms with E-state index in [1.807, 2.05) is 27.7 Å². The van der Waals surface area contributed by atoms with Crippen molar-refractivity contribution in [3.63, 3.8) is 0 Å². The van der Waals surface area contributed by atoms with Crippen LogP contribution in [0.25, 0.3) is 0 Å². The summed E-state index contributed by atoms with van der Waals surface area (Å²) in [4.78, 5) is 10.7.